The Kier molecular flexibility index (Phi) is 2.06. The number of halogens is 1. The topological polar surface area (TPSA) is 54.5 Å². The number of sulfonamides is 1. The molecule has 0 aliphatic carbocycles. The summed E-state index contributed by atoms with van der Waals surface area (Å²) in [7, 11) is -2.46. The third-order valence-electron chi connectivity index (χ3n) is 2.42. The van der Waals surface area contributed by atoms with Crippen LogP contribution >= 0.6 is 11.6 Å². The Balaban J connectivity index is 2.95. The summed E-state index contributed by atoms with van der Waals surface area (Å²) in [4.78, 5) is 11.7. The first-order chi connectivity index (χ1) is 6.87. The predicted molar refractivity (Wildman–Crippen MR) is 55.5 cm³/mol. The van der Waals surface area contributed by atoms with E-state index in [1.807, 2.05) is 0 Å². The van der Waals surface area contributed by atoms with Crippen LogP contribution < -0.4 is 0 Å². The number of carbonyl (C=O) groups excluding carboxylic acids is 1. The molecule has 1 aliphatic rings. The molecule has 1 aliphatic heterocycles. The van der Waals surface area contributed by atoms with Crippen LogP contribution in [-0.2, 0) is 10.0 Å². The highest BCUT2D eigenvalue weighted by molar-refractivity contribution is 7.90. The maximum Gasteiger partial charge on any atom is 0.270 e. The van der Waals surface area contributed by atoms with E-state index in [4.69, 9.17) is 11.6 Å². The zero-order valence-corrected chi connectivity index (χ0v) is 9.69. The van der Waals surface area contributed by atoms with Crippen molar-refractivity contribution in [1.29, 1.82) is 0 Å². The van der Waals surface area contributed by atoms with Crippen molar-refractivity contribution in [2.75, 3.05) is 7.05 Å². The highest BCUT2D eigenvalue weighted by Gasteiger charge is 2.41. The van der Waals surface area contributed by atoms with Crippen molar-refractivity contribution in [3.63, 3.8) is 0 Å². The zero-order valence-electron chi connectivity index (χ0n) is 8.11. The van der Waals surface area contributed by atoms with E-state index in [1.54, 1.807) is 13.0 Å². The van der Waals surface area contributed by atoms with Crippen LogP contribution in [0.1, 0.15) is 15.9 Å². The average molecular weight is 246 g/mol. The summed E-state index contributed by atoms with van der Waals surface area (Å²) in [5.74, 6) is -0.571. The maximum absolute atomic E-state index is 11.8. The second-order valence-electron chi connectivity index (χ2n) is 3.35. The number of nitrogens with zero attached hydrogens (tertiary/aromatic N) is 1. The summed E-state index contributed by atoms with van der Waals surface area (Å²) in [6.45, 7) is 1.64. The van der Waals surface area contributed by atoms with E-state index in [1.165, 1.54) is 13.1 Å². The largest absolute Gasteiger partial charge is 0.270 e. The van der Waals surface area contributed by atoms with Gasteiger partial charge in [-0.15, -0.1) is 0 Å². The smallest absolute Gasteiger partial charge is 0.268 e. The number of rotatable bonds is 0. The minimum Gasteiger partial charge on any atom is -0.268 e. The third kappa shape index (κ3) is 1.20. The molecule has 0 bridgehead atoms. The molecule has 0 aromatic heterocycles. The second-order valence-corrected chi connectivity index (χ2v) is 5.66. The van der Waals surface area contributed by atoms with Crippen molar-refractivity contribution in [3.05, 3.63) is 28.3 Å². The molecule has 0 saturated heterocycles. The van der Waals surface area contributed by atoms with E-state index in [-0.39, 0.29) is 15.5 Å². The van der Waals surface area contributed by atoms with E-state index < -0.39 is 15.9 Å². The van der Waals surface area contributed by atoms with Gasteiger partial charge in [-0.25, -0.2) is 12.7 Å². The molecule has 1 heterocycles. The molecule has 0 fully saturated rings. The minimum atomic E-state index is -3.69. The Morgan fingerprint density at radius 1 is 1.33 bits per heavy atom. The van der Waals surface area contributed by atoms with Crippen molar-refractivity contribution in [3.8, 4) is 0 Å². The zero-order chi connectivity index (χ0) is 11.4. The fraction of sp³-hybridized carbons (Fsp3) is 0.222. The Bertz CT molecular complexity index is 565. The van der Waals surface area contributed by atoms with Gasteiger partial charge in [0.1, 0.15) is 4.90 Å². The molecule has 4 nitrogen and oxygen atoms in total. The summed E-state index contributed by atoms with van der Waals surface area (Å²) in [5.41, 5.74) is 0.617. The van der Waals surface area contributed by atoms with Crippen LogP contribution in [0, 0.1) is 6.92 Å². The van der Waals surface area contributed by atoms with Gasteiger partial charge in [0.25, 0.3) is 15.9 Å². The quantitative estimate of drug-likeness (QED) is 0.695. The lowest BCUT2D eigenvalue weighted by atomic mass is 10.1. The van der Waals surface area contributed by atoms with Crippen molar-refractivity contribution in [2.45, 2.75) is 11.8 Å². The van der Waals surface area contributed by atoms with Crippen LogP contribution in [-0.4, -0.2) is 25.7 Å². The molecule has 15 heavy (non-hydrogen) atoms. The van der Waals surface area contributed by atoms with Gasteiger partial charge in [-0.3, -0.25) is 4.79 Å². The van der Waals surface area contributed by atoms with Crippen molar-refractivity contribution >= 4 is 27.5 Å². The van der Waals surface area contributed by atoms with Gasteiger partial charge >= 0.3 is 0 Å². The first kappa shape index (κ1) is 10.4. The molecule has 0 atom stereocenters. The van der Waals surface area contributed by atoms with Gasteiger partial charge in [-0.2, -0.15) is 0 Å². The van der Waals surface area contributed by atoms with Crippen LogP contribution in [0.4, 0.5) is 0 Å². The van der Waals surface area contributed by atoms with Crippen molar-refractivity contribution < 1.29 is 13.2 Å². The molecule has 2 rings (SSSR count). The van der Waals surface area contributed by atoms with Gasteiger partial charge in [0, 0.05) is 7.05 Å². The molecule has 1 aromatic rings. The fourth-order valence-corrected chi connectivity index (χ4v) is 3.41. The summed E-state index contributed by atoms with van der Waals surface area (Å²) >= 11 is 5.82. The summed E-state index contributed by atoms with van der Waals surface area (Å²) in [6.07, 6.45) is 0. The standard InChI is InChI=1S/C9H8ClNO3S/c1-5-3-4-6(10)7-8(5)15(13,14)11(2)9(7)12/h3-4H,1-2H3. The van der Waals surface area contributed by atoms with Gasteiger partial charge in [0.15, 0.2) is 0 Å². The van der Waals surface area contributed by atoms with E-state index >= 15 is 0 Å². The second kappa shape index (κ2) is 2.96. The Morgan fingerprint density at radius 3 is 2.47 bits per heavy atom. The molecule has 0 radical (unpaired) electrons. The molecule has 0 spiro atoms. The minimum absolute atomic E-state index is 0.0301. The molecule has 0 saturated carbocycles. The van der Waals surface area contributed by atoms with Gasteiger partial charge < -0.3 is 0 Å². The maximum atomic E-state index is 11.8. The number of hydrogen-bond acceptors (Lipinski definition) is 3. The van der Waals surface area contributed by atoms with Crippen LogP contribution in [0.15, 0.2) is 17.0 Å². The molecule has 1 aromatic carbocycles. The van der Waals surface area contributed by atoms with Gasteiger partial charge in [-0.1, -0.05) is 17.7 Å². The Morgan fingerprint density at radius 2 is 1.93 bits per heavy atom. The summed E-state index contributed by atoms with van der Waals surface area (Å²) in [5, 5.41) is 0.175. The first-order valence-electron chi connectivity index (χ1n) is 4.19. The molecule has 6 heteroatoms. The van der Waals surface area contributed by atoms with E-state index in [0.29, 0.717) is 5.56 Å². The number of hydrogen-bond donors (Lipinski definition) is 0. The van der Waals surface area contributed by atoms with E-state index in [0.717, 1.165) is 4.31 Å². The third-order valence-corrected chi connectivity index (χ3v) is 4.67. The molecular weight excluding hydrogens is 238 g/mol. The Hall–Kier alpha value is -1.07. The number of carbonyl (C=O) groups is 1. The molecular formula is C9H8ClNO3S. The first-order valence-corrected chi connectivity index (χ1v) is 6.01. The SMILES string of the molecule is Cc1ccc(Cl)c2c1S(=O)(=O)N(C)C2=O. The molecule has 0 unspecified atom stereocenters. The molecule has 0 N–H and O–H groups in total. The van der Waals surface area contributed by atoms with Gasteiger partial charge in [0.05, 0.1) is 10.6 Å². The summed E-state index contributed by atoms with van der Waals surface area (Å²) < 4.78 is 24.3. The fourth-order valence-electron chi connectivity index (χ4n) is 1.60. The van der Waals surface area contributed by atoms with Crippen LogP contribution in [0.2, 0.25) is 5.02 Å². The highest BCUT2D eigenvalue weighted by Crippen LogP contribution is 2.35. The van der Waals surface area contributed by atoms with E-state index in [9.17, 15) is 13.2 Å². The van der Waals surface area contributed by atoms with Gasteiger partial charge in [0.2, 0.25) is 0 Å². The molecule has 80 valence electrons. The lowest BCUT2D eigenvalue weighted by Crippen LogP contribution is -2.25. The van der Waals surface area contributed by atoms with Crippen LogP contribution in [0.25, 0.3) is 0 Å². The number of fused-ring (bicyclic) bond motifs is 1. The van der Waals surface area contributed by atoms with E-state index in [2.05, 4.69) is 0 Å². The van der Waals surface area contributed by atoms with Crippen molar-refractivity contribution in [2.24, 2.45) is 0 Å². The highest BCUT2D eigenvalue weighted by atomic mass is 35.5. The average Bonchev–Trinajstić information content (AvgIpc) is 2.34. The lowest BCUT2D eigenvalue weighted by Gasteiger charge is -2.06. The summed E-state index contributed by atoms with van der Waals surface area (Å²) in [6, 6.07) is 3.12. The number of benzene rings is 1. The van der Waals surface area contributed by atoms with Crippen molar-refractivity contribution in [1.82, 2.24) is 4.31 Å². The van der Waals surface area contributed by atoms with Crippen LogP contribution in [0.5, 0.6) is 0 Å². The number of amides is 1. The predicted octanol–water partition coefficient (Wildman–Crippen LogP) is 1.42. The lowest BCUT2D eigenvalue weighted by molar-refractivity contribution is 0.0892. The van der Waals surface area contributed by atoms with Crippen LogP contribution in [0.3, 0.4) is 0 Å². The molecule has 1 amide bonds. The van der Waals surface area contributed by atoms with Gasteiger partial charge in [-0.05, 0) is 18.6 Å². The monoisotopic (exact) mass is 245 g/mol. The number of aryl methyl sites for hydroxylation is 1. The normalized spacial score (nSPS) is 18.1. The Labute approximate surface area is 92.5 Å².